The van der Waals surface area contributed by atoms with Crippen LogP contribution in [0.15, 0.2) is 6.07 Å². The minimum Gasteiger partial charge on any atom is -0.480 e. The Morgan fingerprint density at radius 2 is 1.87 bits per heavy atom. The molecule has 0 aliphatic rings. The van der Waals surface area contributed by atoms with Crippen molar-refractivity contribution in [2.24, 2.45) is 5.92 Å². The lowest BCUT2D eigenvalue weighted by atomic mass is 9.99. The van der Waals surface area contributed by atoms with Crippen LogP contribution < -0.4 is 10.6 Å². The minimum absolute atomic E-state index is 0.0988. The SMILES string of the molecule is CCC(C)C(NC(=O)CCCNc1nc(C)cc(C)n1)C(=O)O. The van der Waals surface area contributed by atoms with Gasteiger partial charge in [-0.2, -0.15) is 0 Å². The number of aromatic nitrogens is 2. The van der Waals surface area contributed by atoms with Gasteiger partial charge in [-0.15, -0.1) is 0 Å². The fraction of sp³-hybridized carbons (Fsp3) is 0.625. The van der Waals surface area contributed by atoms with Crippen LogP contribution in [0.5, 0.6) is 0 Å². The summed E-state index contributed by atoms with van der Waals surface area (Å²) in [5.74, 6) is -0.792. The summed E-state index contributed by atoms with van der Waals surface area (Å²) < 4.78 is 0. The summed E-state index contributed by atoms with van der Waals surface area (Å²) in [7, 11) is 0. The topological polar surface area (TPSA) is 104 Å². The molecule has 0 radical (unpaired) electrons. The highest BCUT2D eigenvalue weighted by Gasteiger charge is 2.24. The van der Waals surface area contributed by atoms with E-state index in [2.05, 4.69) is 20.6 Å². The van der Waals surface area contributed by atoms with Crippen molar-refractivity contribution in [1.82, 2.24) is 15.3 Å². The molecule has 7 nitrogen and oxygen atoms in total. The van der Waals surface area contributed by atoms with Crippen molar-refractivity contribution < 1.29 is 14.7 Å². The molecule has 2 atom stereocenters. The average molecular weight is 322 g/mol. The largest absolute Gasteiger partial charge is 0.480 e. The number of rotatable bonds is 9. The van der Waals surface area contributed by atoms with E-state index in [0.717, 1.165) is 11.4 Å². The lowest BCUT2D eigenvalue weighted by molar-refractivity contribution is -0.143. The first-order valence-corrected chi connectivity index (χ1v) is 7.91. The van der Waals surface area contributed by atoms with Crippen LogP contribution in [-0.2, 0) is 9.59 Å². The number of hydrogen-bond acceptors (Lipinski definition) is 5. The molecule has 0 aliphatic heterocycles. The summed E-state index contributed by atoms with van der Waals surface area (Å²) in [4.78, 5) is 31.5. The van der Waals surface area contributed by atoms with Gasteiger partial charge < -0.3 is 15.7 Å². The van der Waals surface area contributed by atoms with Gasteiger partial charge in [0.05, 0.1) is 0 Å². The van der Waals surface area contributed by atoms with Crippen molar-refractivity contribution in [3.63, 3.8) is 0 Å². The van der Waals surface area contributed by atoms with Crippen LogP contribution in [0.3, 0.4) is 0 Å². The number of nitrogens with one attached hydrogen (secondary N) is 2. The molecule has 3 N–H and O–H groups in total. The number of anilines is 1. The standard InChI is InChI=1S/C16H26N4O3/c1-5-10(2)14(15(22)23)20-13(21)7-6-8-17-16-18-11(3)9-12(4)19-16/h9-10,14H,5-8H2,1-4H3,(H,20,21)(H,22,23)(H,17,18,19). The number of amides is 1. The Morgan fingerprint density at radius 1 is 1.26 bits per heavy atom. The lowest BCUT2D eigenvalue weighted by Gasteiger charge is -2.20. The molecule has 0 saturated carbocycles. The predicted octanol–water partition coefficient (Wildman–Crippen LogP) is 1.90. The zero-order valence-corrected chi connectivity index (χ0v) is 14.2. The Hall–Kier alpha value is -2.18. The number of hydrogen-bond donors (Lipinski definition) is 3. The quantitative estimate of drug-likeness (QED) is 0.600. The third-order valence-corrected chi connectivity index (χ3v) is 3.64. The van der Waals surface area contributed by atoms with Crippen LogP contribution in [0.2, 0.25) is 0 Å². The first-order chi connectivity index (χ1) is 10.8. The molecular weight excluding hydrogens is 296 g/mol. The summed E-state index contributed by atoms with van der Waals surface area (Å²) >= 11 is 0. The van der Waals surface area contributed by atoms with Crippen LogP contribution >= 0.6 is 0 Å². The van der Waals surface area contributed by atoms with E-state index in [1.807, 2.05) is 33.8 Å². The van der Waals surface area contributed by atoms with E-state index in [4.69, 9.17) is 5.11 Å². The maximum Gasteiger partial charge on any atom is 0.326 e. The fourth-order valence-electron chi connectivity index (χ4n) is 2.18. The Labute approximate surface area is 136 Å². The van der Waals surface area contributed by atoms with Crippen LogP contribution in [-0.4, -0.2) is 39.5 Å². The van der Waals surface area contributed by atoms with E-state index < -0.39 is 12.0 Å². The Balaban J connectivity index is 2.37. The molecule has 2 unspecified atom stereocenters. The van der Waals surface area contributed by atoms with Crippen molar-refractivity contribution in [3.8, 4) is 0 Å². The second-order valence-electron chi connectivity index (χ2n) is 5.77. The number of carboxylic acid groups (broad SMARTS) is 1. The Bertz CT molecular complexity index is 528. The van der Waals surface area contributed by atoms with E-state index in [1.165, 1.54) is 0 Å². The second kappa shape index (κ2) is 9.07. The number of nitrogens with zero attached hydrogens (tertiary/aromatic N) is 2. The van der Waals surface area contributed by atoms with Crippen molar-refractivity contribution in [3.05, 3.63) is 17.5 Å². The van der Waals surface area contributed by atoms with Gasteiger partial charge in [0.25, 0.3) is 0 Å². The molecule has 0 spiro atoms. The molecular formula is C16H26N4O3. The van der Waals surface area contributed by atoms with Crippen LogP contribution in [0, 0.1) is 19.8 Å². The molecule has 128 valence electrons. The Kier molecular flexibility index (Phi) is 7.44. The fourth-order valence-corrected chi connectivity index (χ4v) is 2.18. The maximum atomic E-state index is 11.9. The summed E-state index contributed by atoms with van der Waals surface area (Å²) in [5.41, 5.74) is 1.77. The van der Waals surface area contributed by atoms with E-state index in [-0.39, 0.29) is 18.2 Å². The molecule has 1 aromatic heterocycles. The van der Waals surface area contributed by atoms with Gasteiger partial charge in [-0.3, -0.25) is 4.79 Å². The molecule has 0 aliphatic carbocycles. The molecule has 0 fully saturated rings. The molecule has 0 saturated heterocycles. The zero-order valence-electron chi connectivity index (χ0n) is 14.2. The molecule has 0 aromatic carbocycles. The van der Waals surface area contributed by atoms with Gasteiger partial charge in [0.15, 0.2) is 0 Å². The summed E-state index contributed by atoms with van der Waals surface area (Å²) in [6, 6.07) is 1.06. The van der Waals surface area contributed by atoms with Crippen LogP contribution in [0.25, 0.3) is 0 Å². The summed E-state index contributed by atoms with van der Waals surface area (Å²) in [6.45, 7) is 8.07. The number of aryl methyl sites for hydroxylation is 2. The number of carboxylic acids is 1. The number of carbonyl (C=O) groups excluding carboxylic acids is 1. The first-order valence-electron chi connectivity index (χ1n) is 7.91. The molecule has 7 heteroatoms. The summed E-state index contributed by atoms with van der Waals surface area (Å²) in [5, 5.41) is 14.8. The molecule has 0 bridgehead atoms. The van der Waals surface area contributed by atoms with Crippen LogP contribution in [0.1, 0.15) is 44.5 Å². The minimum atomic E-state index is -0.991. The monoisotopic (exact) mass is 322 g/mol. The third-order valence-electron chi connectivity index (χ3n) is 3.64. The predicted molar refractivity (Wildman–Crippen MR) is 88.3 cm³/mol. The maximum absolute atomic E-state index is 11.9. The Morgan fingerprint density at radius 3 is 2.39 bits per heavy atom. The number of aliphatic carboxylic acids is 1. The van der Waals surface area contributed by atoms with E-state index >= 15 is 0 Å². The summed E-state index contributed by atoms with van der Waals surface area (Å²) in [6.07, 6.45) is 1.54. The highest BCUT2D eigenvalue weighted by atomic mass is 16.4. The van der Waals surface area contributed by atoms with Crippen molar-refractivity contribution in [2.75, 3.05) is 11.9 Å². The van der Waals surface area contributed by atoms with Crippen molar-refractivity contribution in [1.29, 1.82) is 0 Å². The highest BCUT2D eigenvalue weighted by Crippen LogP contribution is 2.08. The second-order valence-corrected chi connectivity index (χ2v) is 5.77. The van der Waals surface area contributed by atoms with Gasteiger partial charge in [0.1, 0.15) is 6.04 Å². The molecule has 1 aromatic rings. The first kappa shape index (κ1) is 18.9. The van der Waals surface area contributed by atoms with Gasteiger partial charge in [-0.05, 0) is 32.3 Å². The zero-order chi connectivity index (χ0) is 17.4. The van der Waals surface area contributed by atoms with Gasteiger partial charge in [-0.1, -0.05) is 20.3 Å². The third kappa shape index (κ3) is 6.63. The van der Waals surface area contributed by atoms with Gasteiger partial charge in [0.2, 0.25) is 11.9 Å². The highest BCUT2D eigenvalue weighted by molar-refractivity contribution is 5.83. The lowest BCUT2D eigenvalue weighted by Crippen LogP contribution is -2.45. The molecule has 23 heavy (non-hydrogen) atoms. The van der Waals surface area contributed by atoms with Gasteiger partial charge in [0, 0.05) is 24.4 Å². The normalized spacial score (nSPS) is 13.2. The van der Waals surface area contributed by atoms with Crippen LogP contribution in [0.4, 0.5) is 5.95 Å². The number of carbonyl (C=O) groups is 2. The van der Waals surface area contributed by atoms with Crippen molar-refractivity contribution in [2.45, 2.75) is 53.0 Å². The van der Waals surface area contributed by atoms with Crippen molar-refractivity contribution >= 4 is 17.8 Å². The van der Waals surface area contributed by atoms with Gasteiger partial charge in [-0.25, -0.2) is 14.8 Å². The van der Waals surface area contributed by atoms with E-state index in [9.17, 15) is 9.59 Å². The van der Waals surface area contributed by atoms with E-state index in [0.29, 0.717) is 25.3 Å². The molecule has 1 heterocycles. The average Bonchev–Trinajstić information content (AvgIpc) is 2.47. The molecule has 1 amide bonds. The van der Waals surface area contributed by atoms with Gasteiger partial charge >= 0.3 is 5.97 Å². The van der Waals surface area contributed by atoms with E-state index in [1.54, 1.807) is 0 Å². The smallest absolute Gasteiger partial charge is 0.326 e. The molecule has 1 rings (SSSR count).